The largest absolute Gasteiger partial charge is 0.453 e. The maximum atomic E-state index is 5.93. The summed E-state index contributed by atoms with van der Waals surface area (Å²) in [6.07, 6.45) is 7.89. The normalized spacial score (nSPS) is 14.4. The quantitative estimate of drug-likeness (QED) is 0.892. The SMILES string of the molecule is Cc1ncccc1Oc1cnccc1CNC1CC1. The molecule has 1 saturated carbocycles. The van der Waals surface area contributed by atoms with Gasteiger partial charge in [0.15, 0.2) is 0 Å². The van der Waals surface area contributed by atoms with E-state index >= 15 is 0 Å². The van der Waals surface area contributed by atoms with Gasteiger partial charge in [0.05, 0.1) is 11.9 Å². The molecule has 0 spiro atoms. The first-order chi connectivity index (χ1) is 9.33. The Morgan fingerprint density at radius 2 is 2.16 bits per heavy atom. The Morgan fingerprint density at radius 3 is 2.95 bits per heavy atom. The lowest BCUT2D eigenvalue weighted by molar-refractivity contribution is 0.463. The van der Waals surface area contributed by atoms with Crippen molar-refractivity contribution >= 4 is 0 Å². The monoisotopic (exact) mass is 255 g/mol. The molecule has 0 saturated heterocycles. The van der Waals surface area contributed by atoms with Crippen molar-refractivity contribution in [3.05, 3.63) is 48.0 Å². The number of ether oxygens (including phenoxy) is 1. The minimum Gasteiger partial charge on any atom is -0.453 e. The fraction of sp³-hybridized carbons (Fsp3) is 0.333. The molecule has 1 fully saturated rings. The van der Waals surface area contributed by atoms with Crippen LogP contribution in [-0.4, -0.2) is 16.0 Å². The lowest BCUT2D eigenvalue weighted by atomic mass is 10.2. The third-order valence-electron chi connectivity index (χ3n) is 3.21. The Morgan fingerprint density at radius 1 is 1.26 bits per heavy atom. The molecular formula is C15H17N3O. The number of hydrogen-bond acceptors (Lipinski definition) is 4. The second-order valence-electron chi connectivity index (χ2n) is 4.83. The smallest absolute Gasteiger partial charge is 0.150 e. The number of aryl methyl sites for hydroxylation is 1. The molecule has 4 heteroatoms. The third-order valence-corrected chi connectivity index (χ3v) is 3.21. The first kappa shape index (κ1) is 12.1. The predicted octanol–water partition coefficient (Wildman–Crippen LogP) is 2.83. The minimum absolute atomic E-state index is 0.682. The molecule has 98 valence electrons. The number of nitrogens with zero attached hydrogens (tertiary/aromatic N) is 2. The molecule has 0 aromatic carbocycles. The third kappa shape index (κ3) is 3.09. The molecule has 1 aliphatic carbocycles. The van der Waals surface area contributed by atoms with E-state index in [1.54, 1.807) is 18.6 Å². The molecule has 2 aromatic heterocycles. The maximum Gasteiger partial charge on any atom is 0.150 e. The van der Waals surface area contributed by atoms with Crippen LogP contribution < -0.4 is 10.1 Å². The topological polar surface area (TPSA) is 47.0 Å². The van der Waals surface area contributed by atoms with Gasteiger partial charge in [0, 0.05) is 30.5 Å². The molecule has 0 atom stereocenters. The number of aromatic nitrogens is 2. The summed E-state index contributed by atoms with van der Waals surface area (Å²) < 4.78 is 5.93. The van der Waals surface area contributed by atoms with Gasteiger partial charge in [-0.15, -0.1) is 0 Å². The summed E-state index contributed by atoms with van der Waals surface area (Å²) in [5.41, 5.74) is 2.01. The number of rotatable bonds is 5. The van der Waals surface area contributed by atoms with Gasteiger partial charge in [0.2, 0.25) is 0 Å². The molecular weight excluding hydrogens is 238 g/mol. The van der Waals surface area contributed by atoms with E-state index < -0.39 is 0 Å². The lowest BCUT2D eigenvalue weighted by Gasteiger charge is -2.12. The Balaban J connectivity index is 1.77. The lowest BCUT2D eigenvalue weighted by Crippen LogP contribution is -2.15. The van der Waals surface area contributed by atoms with Crippen molar-refractivity contribution in [2.75, 3.05) is 0 Å². The molecule has 0 unspecified atom stereocenters. The van der Waals surface area contributed by atoms with Crippen LogP contribution in [0, 0.1) is 6.92 Å². The summed E-state index contributed by atoms with van der Waals surface area (Å²) in [6.45, 7) is 2.76. The van der Waals surface area contributed by atoms with Crippen LogP contribution in [0.3, 0.4) is 0 Å². The van der Waals surface area contributed by atoms with E-state index in [1.807, 2.05) is 25.1 Å². The van der Waals surface area contributed by atoms with Gasteiger partial charge < -0.3 is 10.1 Å². The van der Waals surface area contributed by atoms with Gasteiger partial charge in [-0.05, 0) is 38.0 Å². The van der Waals surface area contributed by atoms with E-state index in [0.29, 0.717) is 6.04 Å². The molecule has 1 N–H and O–H groups in total. The molecule has 2 aromatic rings. The van der Waals surface area contributed by atoms with E-state index in [-0.39, 0.29) is 0 Å². The molecule has 19 heavy (non-hydrogen) atoms. The van der Waals surface area contributed by atoms with Crippen LogP contribution in [0.5, 0.6) is 11.5 Å². The zero-order valence-electron chi connectivity index (χ0n) is 11.0. The second-order valence-corrected chi connectivity index (χ2v) is 4.83. The van der Waals surface area contributed by atoms with Crippen molar-refractivity contribution in [2.45, 2.75) is 32.4 Å². The fourth-order valence-corrected chi connectivity index (χ4v) is 1.88. The van der Waals surface area contributed by atoms with E-state index in [1.165, 1.54) is 12.8 Å². The Labute approximate surface area is 112 Å². The van der Waals surface area contributed by atoms with Gasteiger partial charge in [-0.1, -0.05) is 0 Å². The number of hydrogen-bond donors (Lipinski definition) is 1. The highest BCUT2D eigenvalue weighted by atomic mass is 16.5. The fourth-order valence-electron chi connectivity index (χ4n) is 1.88. The van der Waals surface area contributed by atoms with E-state index in [4.69, 9.17) is 4.74 Å². The van der Waals surface area contributed by atoms with Crippen LogP contribution in [0.15, 0.2) is 36.8 Å². The highest BCUT2D eigenvalue weighted by molar-refractivity contribution is 5.36. The standard InChI is InChI=1S/C15H17N3O/c1-11-14(3-2-7-17-11)19-15-10-16-8-6-12(15)9-18-13-4-5-13/h2-3,6-8,10,13,18H,4-5,9H2,1H3. The molecule has 0 aliphatic heterocycles. The van der Waals surface area contributed by atoms with Crippen molar-refractivity contribution in [3.8, 4) is 11.5 Å². The summed E-state index contributed by atoms with van der Waals surface area (Å²) >= 11 is 0. The van der Waals surface area contributed by atoms with Crippen molar-refractivity contribution < 1.29 is 4.74 Å². The zero-order valence-corrected chi connectivity index (χ0v) is 11.0. The van der Waals surface area contributed by atoms with Crippen molar-refractivity contribution in [1.29, 1.82) is 0 Å². The van der Waals surface area contributed by atoms with E-state index in [9.17, 15) is 0 Å². The van der Waals surface area contributed by atoms with Gasteiger partial charge in [-0.25, -0.2) is 0 Å². The summed E-state index contributed by atoms with van der Waals surface area (Å²) in [5, 5.41) is 3.49. The first-order valence-electron chi connectivity index (χ1n) is 6.58. The van der Waals surface area contributed by atoms with Crippen LogP contribution in [0.4, 0.5) is 0 Å². The van der Waals surface area contributed by atoms with Gasteiger partial charge >= 0.3 is 0 Å². The summed E-state index contributed by atoms with van der Waals surface area (Å²) in [5.74, 6) is 1.58. The van der Waals surface area contributed by atoms with E-state index in [2.05, 4.69) is 15.3 Å². The Bertz CT molecular complexity index is 567. The van der Waals surface area contributed by atoms with Crippen molar-refractivity contribution in [2.24, 2.45) is 0 Å². The molecule has 0 amide bonds. The van der Waals surface area contributed by atoms with Gasteiger partial charge in [-0.3, -0.25) is 9.97 Å². The van der Waals surface area contributed by atoms with Crippen LogP contribution in [0.1, 0.15) is 24.1 Å². The second kappa shape index (κ2) is 5.36. The van der Waals surface area contributed by atoms with Crippen LogP contribution in [0.25, 0.3) is 0 Å². The molecule has 4 nitrogen and oxygen atoms in total. The van der Waals surface area contributed by atoms with Crippen LogP contribution >= 0.6 is 0 Å². The van der Waals surface area contributed by atoms with E-state index in [0.717, 1.165) is 29.3 Å². The molecule has 0 bridgehead atoms. The highest BCUT2D eigenvalue weighted by Gasteiger charge is 2.20. The van der Waals surface area contributed by atoms with Gasteiger partial charge in [-0.2, -0.15) is 0 Å². The molecule has 3 rings (SSSR count). The average Bonchev–Trinajstić information content (AvgIpc) is 3.24. The van der Waals surface area contributed by atoms with Gasteiger partial charge in [0.25, 0.3) is 0 Å². The van der Waals surface area contributed by atoms with Crippen LogP contribution in [-0.2, 0) is 6.54 Å². The van der Waals surface area contributed by atoms with Crippen LogP contribution in [0.2, 0.25) is 0 Å². The number of pyridine rings is 2. The first-order valence-corrected chi connectivity index (χ1v) is 6.58. The molecule has 0 radical (unpaired) electrons. The average molecular weight is 255 g/mol. The minimum atomic E-state index is 0.682. The summed E-state index contributed by atoms with van der Waals surface area (Å²) in [6, 6.07) is 6.48. The highest BCUT2D eigenvalue weighted by Crippen LogP contribution is 2.27. The number of nitrogens with one attached hydrogen (secondary N) is 1. The van der Waals surface area contributed by atoms with Crippen molar-refractivity contribution in [1.82, 2.24) is 15.3 Å². The van der Waals surface area contributed by atoms with Crippen molar-refractivity contribution in [3.63, 3.8) is 0 Å². The molecule has 1 aliphatic rings. The summed E-state index contributed by atoms with van der Waals surface area (Å²) in [4.78, 5) is 8.37. The molecule has 2 heterocycles. The predicted molar refractivity (Wildman–Crippen MR) is 73.1 cm³/mol. The Hall–Kier alpha value is -1.94. The summed E-state index contributed by atoms with van der Waals surface area (Å²) in [7, 11) is 0. The zero-order chi connectivity index (χ0) is 13.1. The van der Waals surface area contributed by atoms with Gasteiger partial charge in [0.1, 0.15) is 11.5 Å². The maximum absolute atomic E-state index is 5.93. The Kier molecular flexibility index (Phi) is 3.42.